The molecule has 0 saturated carbocycles. The van der Waals surface area contributed by atoms with Crippen LogP contribution in [0, 0.1) is 0 Å². The number of benzene rings is 2. The number of amides is 1. The van der Waals surface area contributed by atoms with Crippen LogP contribution in [0.1, 0.15) is 24.0 Å². The van der Waals surface area contributed by atoms with Crippen molar-refractivity contribution in [3.63, 3.8) is 0 Å². The van der Waals surface area contributed by atoms with Crippen molar-refractivity contribution in [2.24, 2.45) is 0 Å². The summed E-state index contributed by atoms with van der Waals surface area (Å²) in [5.41, 5.74) is 2.57. The third-order valence-corrected chi connectivity index (χ3v) is 4.93. The molecule has 126 valence electrons. The van der Waals surface area contributed by atoms with Crippen molar-refractivity contribution in [2.45, 2.75) is 31.8 Å². The lowest BCUT2D eigenvalue weighted by atomic mass is 10.0. The molecule has 1 heterocycles. The van der Waals surface area contributed by atoms with E-state index in [1.165, 1.54) is 11.1 Å². The zero-order valence-corrected chi connectivity index (χ0v) is 14.4. The van der Waals surface area contributed by atoms with Gasteiger partial charge in [-0.1, -0.05) is 60.7 Å². The molecule has 3 heteroatoms. The molecule has 1 atom stereocenters. The lowest BCUT2D eigenvalue weighted by Crippen LogP contribution is -2.46. The smallest absolute Gasteiger partial charge is 0.224 e. The van der Waals surface area contributed by atoms with Crippen LogP contribution in [0.15, 0.2) is 60.7 Å². The maximum atomic E-state index is 12.5. The second kappa shape index (κ2) is 8.11. The SMILES string of the molecule is CN(CCc1ccccc1)C1CCN(Cc2ccccc2)C(=O)C1. The van der Waals surface area contributed by atoms with Crippen molar-refractivity contribution in [3.05, 3.63) is 71.8 Å². The highest BCUT2D eigenvalue weighted by atomic mass is 16.2. The number of piperidine rings is 1. The van der Waals surface area contributed by atoms with E-state index < -0.39 is 0 Å². The van der Waals surface area contributed by atoms with Gasteiger partial charge in [-0.15, -0.1) is 0 Å². The van der Waals surface area contributed by atoms with E-state index >= 15 is 0 Å². The van der Waals surface area contributed by atoms with Gasteiger partial charge in [0.25, 0.3) is 0 Å². The lowest BCUT2D eigenvalue weighted by molar-refractivity contribution is -0.136. The average molecular weight is 322 g/mol. The minimum Gasteiger partial charge on any atom is -0.338 e. The first kappa shape index (κ1) is 16.7. The largest absolute Gasteiger partial charge is 0.338 e. The molecule has 0 aliphatic carbocycles. The number of hydrogen-bond donors (Lipinski definition) is 0. The van der Waals surface area contributed by atoms with E-state index in [0.29, 0.717) is 12.5 Å². The zero-order valence-electron chi connectivity index (χ0n) is 14.4. The Hall–Kier alpha value is -2.13. The second-order valence-corrected chi connectivity index (χ2v) is 6.66. The van der Waals surface area contributed by atoms with E-state index in [4.69, 9.17) is 0 Å². The number of hydrogen-bond acceptors (Lipinski definition) is 2. The first-order valence-corrected chi connectivity index (χ1v) is 8.78. The zero-order chi connectivity index (χ0) is 16.8. The van der Waals surface area contributed by atoms with Crippen LogP contribution >= 0.6 is 0 Å². The molecular formula is C21H26N2O. The lowest BCUT2D eigenvalue weighted by Gasteiger charge is -2.36. The van der Waals surface area contributed by atoms with E-state index in [2.05, 4.69) is 48.3 Å². The Morgan fingerprint density at radius 2 is 1.62 bits per heavy atom. The van der Waals surface area contributed by atoms with Gasteiger partial charge in [-0.05, 0) is 31.0 Å². The fourth-order valence-electron chi connectivity index (χ4n) is 3.34. The molecular weight excluding hydrogens is 296 g/mol. The van der Waals surface area contributed by atoms with Crippen LogP contribution in [-0.2, 0) is 17.8 Å². The van der Waals surface area contributed by atoms with Crippen LogP contribution in [0.3, 0.4) is 0 Å². The molecule has 1 aliphatic heterocycles. The van der Waals surface area contributed by atoms with Gasteiger partial charge in [0, 0.05) is 32.1 Å². The Labute approximate surface area is 144 Å². The number of carbonyl (C=O) groups is 1. The highest BCUT2D eigenvalue weighted by Gasteiger charge is 2.28. The normalized spacial score (nSPS) is 18.2. The van der Waals surface area contributed by atoms with Crippen molar-refractivity contribution in [3.8, 4) is 0 Å². The van der Waals surface area contributed by atoms with Crippen LogP contribution in [0.5, 0.6) is 0 Å². The second-order valence-electron chi connectivity index (χ2n) is 6.66. The highest BCUT2D eigenvalue weighted by Crippen LogP contribution is 2.19. The quantitative estimate of drug-likeness (QED) is 0.814. The Balaban J connectivity index is 1.48. The Morgan fingerprint density at radius 3 is 2.25 bits per heavy atom. The summed E-state index contributed by atoms with van der Waals surface area (Å²) >= 11 is 0. The molecule has 2 aromatic rings. The maximum absolute atomic E-state index is 12.5. The third kappa shape index (κ3) is 4.45. The van der Waals surface area contributed by atoms with Gasteiger partial charge in [0.05, 0.1) is 0 Å². The van der Waals surface area contributed by atoms with Crippen LogP contribution in [0.25, 0.3) is 0 Å². The first-order chi connectivity index (χ1) is 11.7. The van der Waals surface area contributed by atoms with E-state index in [1.807, 2.05) is 29.2 Å². The standard InChI is InChI=1S/C21H26N2O/c1-22(14-12-18-8-4-2-5-9-18)20-13-15-23(21(24)16-20)17-19-10-6-3-7-11-19/h2-11,20H,12-17H2,1H3. The van der Waals surface area contributed by atoms with Gasteiger partial charge in [0.2, 0.25) is 5.91 Å². The summed E-state index contributed by atoms with van der Waals surface area (Å²) < 4.78 is 0. The summed E-state index contributed by atoms with van der Waals surface area (Å²) in [6.45, 7) is 2.59. The van der Waals surface area contributed by atoms with E-state index in [1.54, 1.807) is 0 Å². The van der Waals surface area contributed by atoms with Crippen LogP contribution in [0.2, 0.25) is 0 Å². The van der Waals surface area contributed by atoms with Gasteiger partial charge >= 0.3 is 0 Å². The number of rotatable bonds is 6. The monoisotopic (exact) mass is 322 g/mol. The molecule has 0 N–H and O–H groups in total. The Morgan fingerprint density at radius 1 is 1.00 bits per heavy atom. The third-order valence-electron chi connectivity index (χ3n) is 4.93. The topological polar surface area (TPSA) is 23.6 Å². The van der Waals surface area contributed by atoms with Crippen LogP contribution in [0.4, 0.5) is 0 Å². The Kier molecular flexibility index (Phi) is 5.65. The number of nitrogens with zero attached hydrogens (tertiary/aromatic N) is 2. The summed E-state index contributed by atoms with van der Waals surface area (Å²) in [4.78, 5) is 16.8. The van der Waals surface area contributed by atoms with Gasteiger partial charge in [-0.3, -0.25) is 4.79 Å². The summed E-state index contributed by atoms with van der Waals surface area (Å²) in [7, 11) is 2.15. The molecule has 1 unspecified atom stereocenters. The molecule has 2 aromatic carbocycles. The number of likely N-dealkylation sites (tertiary alicyclic amines) is 1. The summed E-state index contributed by atoms with van der Waals surface area (Å²) in [5.74, 6) is 0.279. The molecule has 3 nitrogen and oxygen atoms in total. The molecule has 3 rings (SSSR count). The predicted octanol–water partition coefficient (Wildman–Crippen LogP) is 3.35. The number of likely N-dealkylation sites (N-methyl/N-ethyl adjacent to an activating group) is 1. The van der Waals surface area contributed by atoms with Crippen LogP contribution < -0.4 is 0 Å². The van der Waals surface area contributed by atoms with E-state index in [-0.39, 0.29) is 5.91 Å². The maximum Gasteiger partial charge on any atom is 0.224 e. The molecule has 1 aliphatic rings. The van der Waals surface area contributed by atoms with Crippen molar-refractivity contribution in [1.82, 2.24) is 9.80 Å². The molecule has 0 spiro atoms. The molecule has 0 bridgehead atoms. The van der Waals surface area contributed by atoms with Gasteiger partial charge in [-0.25, -0.2) is 0 Å². The number of carbonyl (C=O) groups excluding carboxylic acids is 1. The minimum absolute atomic E-state index is 0.279. The van der Waals surface area contributed by atoms with E-state index in [0.717, 1.165) is 32.5 Å². The Bertz CT molecular complexity index is 641. The highest BCUT2D eigenvalue weighted by molar-refractivity contribution is 5.77. The molecule has 0 radical (unpaired) electrons. The minimum atomic E-state index is 0.279. The van der Waals surface area contributed by atoms with Crippen molar-refractivity contribution in [2.75, 3.05) is 20.1 Å². The molecule has 24 heavy (non-hydrogen) atoms. The predicted molar refractivity (Wildman–Crippen MR) is 97.7 cm³/mol. The summed E-state index contributed by atoms with van der Waals surface area (Å²) in [5, 5.41) is 0. The molecule has 1 fully saturated rings. The van der Waals surface area contributed by atoms with E-state index in [9.17, 15) is 4.79 Å². The fourth-order valence-corrected chi connectivity index (χ4v) is 3.34. The van der Waals surface area contributed by atoms with Crippen molar-refractivity contribution in [1.29, 1.82) is 0 Å². The molecule has 0 aromatic heterocycles. The van der Waals surface area contributed by atoms with Gasteiger partial charge < -0.3 is 9.80 Å². The van der Waals surface area contributed by atoms with Gasteiger partial charge in [0.1, 0.15) is 0 Å². The molecule has 1 amide bonds. The first-order valence-electron chi connectivity index (χ1n) is 8.78. The van der Waals surface area contributed by atoms with Crippen molar-refractivity contribution >= 4 is 5.91 Å². The summed E-state index contributed by atoms with van der Waals surface area (Å²) in [6, 6.07) is 21.2. The average Bonchev–Trinajstić information content (AvgIpc) is 2.63. The summed E-state index contributed by atoms with van der Waals surface area (Å²) in [6.07, 6.45) is 2.73. The van der Waals surface area contributed by atoms with Crippen LogP contribution in [-0.4, -0.2) is 41.9 Å². The van der Waals surface area contributed by atoms with Gasteiger partial charge in [-0.2, -0.15) is 0 Å². The molecule has 1 saturated heterocycles. The fraction of sp³-hybridized carbons (Fsp3) is 0.381. The van der Waals surface area contributed by atoms with Gasteiger partial charge in [0.15, 0.2) is 0 Å². The van der Waals surface area contributed by atoms with Crippen molar-refractivity contribution < 1.29 is 4.79 Å².